The molecule has 0 aliphatic carbocycles. The van der Waals surface area contributed by atoms with E-state index in [9.17, 15) is 0 Å². The average molecular weight is 260 g/mol. The number of nitrogens with one attached hydrogen (secondary N) is 1. The maximum Gasteiger partial charge on any atom is 0.0545 e. The summed E-state index contributed by atoms with van der Waals surface area (Å²) in [4.78, 5) is 5.95. The Morgan fingerprint density at radius 3 is 2.83 bits per heavy atom. The number of hydrogen-bond acceptors (Lipinski definition) is 3. The van der Waals surface area contributed by atoms with Crippen LogP contribution in [0.5, 0.6) is 0 Å². The van der Waals surface area contributed by atoms with Gasteiger partial charge in [0.25, 0.3) is 0 Å². The van der Waals surface area contributed by atoms with E-state index in [1.54, 1.807) is 0 Å². The quantitative estimate of drug-likeness (QED) is 0.846. The highest BCUT2D eigenvalue weighted by Crippen LogP contribution is 2.23. The van der Waals surface area contributed by atoms with Crippen LogP contribution in [0.2, 0.25) is 0 Å². The smallest absolute Gasteiger partial charge is 0.0545 e. The molecule has 0 fully saturated rings. The first-order valence-corrected chi connectivity index (χ1v) is 7.37. The summed E-state index contributed by atoms with van der Waals surface area (Å²) in [7, 11) is 0. The molecule has 0 radical (unpaired) electrons. The normalized spacial score (nSPS) is 12.6. The zero-order chi connectivity index (χ0) is 12.8. The van der Waals surface area contributed by atoms with Gasteiger partial charge in [0.15, 0.2) is 0 Å². The van der Waals surface area contributed by atoms with E-state index in [0.29, 0.717) is 6.04 Å². The maximum atomic E-state index is 4.53. The van der Waals surface area contributed by atoms with Gasteiger partial charge in [0.05, 0.1) is 5.69 Å². The molecular formula is C15H20N2S. The van der Waals surface area contributed by atoms with Crippen molar-refractivity contribution in [1.29, 1.82) is 0 Å². The molecule has 1 atom stereocenters. The molecule has 2 rings (SSSR count). The molecule has 0 spiro atoms. The van der Waals surface area contributed by atoms with Crippen molar-refractivity contribution < 1.29 is 0 Å². The predicted molar refractivity (Wildman–Crippen MR) is 77.8 cm³/mol. The lowest BCUT2D eigenvalue weighted by Crippen LogP contribution is -2.20. The van der Waals surface area contributed by atoms with Crippen molar-refractivity contribution >= 4 is 11.3 Å². The molecule has 1 unspecified atom stereocenters. The molecule has 0 aromatic carbocycles. The molecule has 0 bridgehead atoms. The third kappa shape index (κ3) is 3.65. The zero-order valence-electron chi connectivity index (χ0n) is 11.0. The summed E-state index contributed by atoms with van der Waals surface area (Å²) in [5.41, 5.74) is 2.20. The van der Waals surface area contributed by atoms with Crippen LogP contribution in [0.3, 0.4) is 0 Å². The Hall–Kier alpha value is -1.19. The summed E-state index contributed by atoms with van der Waals surface area (Å²) >= 11 is 1.83. The maximum absolute atomic E-state index is 4.53. The van der Waals surface area contributed by atoms with Gasteiger partial charge in [-0.25, -0.2) is 0 Å². The molecular weight excluding hydrogens is 240 g/mol. The highest BCUT2D eigenvalue weighted by molar-refractivity contribution is 7.10. The summed E-state index contributed by atoms with van der Waals surface area (Å²) < 4.78 is 0. The Balaban J connectivity index is 1.98. The van der Waals surface area contributed by atoms with E-state index in [1.807, 2.05) is 24.3 Å². The fourth-order valence-corrected chi connectivity index (χ4v) is 2.89. The van der Waals surface area contributed by atoms with E-state index >= 15 is 0 Å². The molecule has 2 heterocycles. The van der Waals surface area contributed by atoms with Crippen LogP contribution in [-0.2, 0) is 6.54 Å². The highest BCUT2D eigenvalue weighted by atomic mass is 32.1. The Kier molecular flexibility index (Phi) is 4.90. The molecule has 2 aromatic rings. The first kappa shape index (κ1) is 13.2. The standard InChI is InChI=1S/C15H20N2S/c1-3-6-14(15-9-5-10-18-15)16-11-13-8-4-7-12(2)17-13/h4-5,7-10,14,16H,3,6,11H2,1-2H3. The van der Waals surface area contributed by atoms with Crippen LogP contribution < -0.4 is 5.32 Å². The van der Waals surface area contributed by atoms with Crippen molar-refractivity contribution in [2.45, 2.75) is 39.3 Å². The lowest BCUT2D eigenvalue weighted by Gasteiger charge is -2.16. The number of aryl methyl sites for hydroxylation is 1. The summed E-state index contributed by atoms with van der Waals surface area (Å²) in [6, 6.07) is 11.0. The minimum Gasteiger partial charge on any atom is -0.304 e. The van der Waals surface area contributed by atoms with Crippen LogP contribution in [0.4, 0.5) is 0 Å². The molecule has 2 aromatic heterocycles. The van der Waals surface area contributed by atoms with E-state index in [2.05, 4.69) is 46.9 Å². The van der Waals surface area contributed by atoms with Crippen LogP contribution in [0.15, 0.2) is 35.7 Å². The third-order valence-electron chi connectivity index (χ3n) is 2.94. The molecule has 2 nitrogen and oxygen atoms in total. The van der Waals surface area contributed by atoms with E-state index in [-0.39, 0.29) is 0 Å². The summed E-state index contributed by atoms with van der Waals surface area (Å²) in [6.07, 6.45) is 2.36. The van der Waals surface area contributed by atoms with Crippen molar-refractivity contribution in [2.24, 2.45) is 0 Å². The number of thiophene rings is 1. The van der Waals surface area contributed by atoms with Gasteiger partial charge < -0.3 is 5.32 Å². The topological polar surface area (TPSA) is 24.9 Å². The molecule has 96 valence electrons. The first-order valence-electron chi connectivity index (χ1n) is 6.49. The van der Waals surface area contributed by atoms with Crippen molar-refractivity contribution in [3.8, 4) is 0 Å². The Morgan fingerprint density at radius 1 is 1.28 bits per heavy atom. The predicted octanol–water partition coefficient (Wildman–Crippen LogP) is 4.08. The van der Waals surface area contributed by atoms with Gasteiger partial charge in [-0.15, -0.1) is 11.3 Å². The van der Waals surface area contributed by atoms with Gasteiger partial charge in [0.1, 0.15) is 0 Å². The molecule has 0 saturated heterocycles. The number of hydrogen-bond donors (Lipinski definition) is 1. The number of aromatic nitrogens is 1. The van der Waals surface area contributed by atoms with Crippen LogP contribution in [0.1, 0.15) is 42.1 Å². The van der Waals surface area contributed by atoms with Gasteiger partial charge in [0.2, 0.25) is 0 Å². The second kappa shape index (κ2) is 6.66. The Labute approximate surface area is 113 Å². The van der Waals surface area contributed by atoms with Gasteiger partial charge in [-0.05, 0) is 36.9 Å². The van der Waals surface area contributed by atoms with Crippen LogP contribution in [-0.4, -0.2) is 4.98 Å². The molecule has 0 aliphatic rings. The van der Waals surface area contributed by atoms with Crippen LogP contribution in [0, 0.1) is 6.92 Å². The van der Waals surface area contributed by atoms with Crippen molar-refractivity contribution in [1.82, 2.24) is 10.3 Å². The summed E-state index contributed by atoms with van der Waals surface area (Å²) in [5, 5.41) is 5.76. The zero-order valence-corrected chi connectivity index (χ0v) is 11.8. The highest BCUT2D eigenvalue weighted by Gasteiger charge is 2.10. The average Bonchev–Trinajstić information content (AvgIpc) is 2.88. The van der Waals surface area contributed by atoms with Gasteiger partial charge >= 0.3 is 0 Å². The number of rotatable bonds is 6. The molecule has 1 N–H and O–H groups in total. The van der Waals surface area contributed by atoms with Crippen molar-refractivity contribution in [2.75, 3.05) is 0 Å². The van der Waals surface area contributed by atoms with E-state index in [0.717, 1.165) is 17.9 Å². The first-order chi connectivity index (χ1) is 8.79. The monoisotopic (exact) mass is 260 g/mol. The Bertz CT molecular complexity index is 465. The van der Waals surface area contributed by atoms with Gasteiger partial charge in [-0.3, -0.25) is 4.98 Å². The molecule has 3 heteroatoms. The minimum absolute atomic E-state index is 0.456. The largest absolute Gasteiger partial charge is 0.304 e. The van der Waals surface area contributed by atoms with Gasteiger partial charge in [-0.1, -0.05) is 25.5 Å². The molecule has 18 heavy (non-hydrogen) atoms. The minimum atomic E-state index is 0.456. The van der Waals surface area contributed by atoms with E-state index in [4.69, 9.17) is 0 Å². The second-order valence-corrected chi connectivity index (χ2v) is 5.49. The molecule has 0 amide bonds. The fraction of sp³-hybridized carbons (Fsp3) is 0.400. The van der Waals surface area contributed by atoms with Crippen LogP contribution >= 0.6 is 11.3 Å². The molecule has 0 aliphatic heterocycles. The Morgan fingerprint density at radius 2 is 2.17 bits per heavy atom. The van der Waals surface area contributed by atoms with E-state index in [1.165, 1.54) is 17.7 Å². The number of nitrogens with zero attached hydrogens (tertiary/aromatic N) is 1. The summed E-state index contributed by atoms with van der Waals surface area (Å²) in [5.74, 6) is 0. The lowest BCUT2D eigenvalue weighted by atomic mass is 10.1. The van der Waals surface area contributed by atoms with Crippen molar-refractivity contribution in [3.05, 3.63) is 52.0 Å². The van der Waals surface area contributed by atoms with Gasteiger partial charge in [0, 0.05) is 23.2 Å². The van der Waals surface area contributed by atoms with E-state index < -0.39 is 0 Å². The lowest BCUT2D eigenvalue weighted by molar-refractivity contribution is 0.496. The van der Waals surface area contributed by atoms with Crippen LogP contribution in [0.25, 0.3) is 0 Å². The SMILES string of the molecule is CCCC(NCc1cccc(C)n1)c1cccs1. The summed E-state index contributed by atoms with van der Waals surface area (Å²) in [6.45, 7) is 5.10. The third-order valence-corrected chi connectivity index (χ3v) is 3.93. The van der Waals surface area contributed by atoms with Gasteiger partial charge in [-0.2, -0.15) is 0 Å². The number of pyridine rings is 1. The van der Waals surface area contributed by atoms with Crippen molar-refractivity contribution in [3.63, 3.8) is 0 Å². The second-order valence-electron chi connectivity index (χ2n) is 4.51. The fourth-order valence-electron chi connectivity index (χ4n) is 2.05. The molecule has 0 saturated carbocycles.